The molecule has 6 nitrogen and oxygen atoms in total. The monoisotopic (exact) mass is 265 g/mol. The fourth-order valence-corrected chi connectivity index (χ4v) is 0.658. The van der Waals surface area contributed by atoms with E-state index in [0.29, 0.717) is 26.2 Å². The molecule has 0 bridgehead atoms. The Labute approximate surface area is 103 Å². The summed E-state index contributed by atoms with van der Waals surface area (Å²) in [6.07, 6.45) is 0. The molecule has 0 unspecified atom stereocenters. The van der Waals surface area contributed by atoms with Crippen LogP contribution in [0.15, 0.2) is 0 Å². The SMILES string of the molecule is NCCNCCN.NCCNCCN.[Co+3]. The van der Waals surface area contributed by atoms with Gasteiger partial charge in [-0.15, -0.1) is 0 Å². The molecule has 0 saturated heterocycles. The van der Waals surface area contributed by atoms with Gasteiger partial charge in [0, 0.05) is 52.4 Å². The molecule has 0 spiro atoms. The Bertz CT molecular complexity index is 67.5. The van der Waals surface area contributed by atoms with Gasteiger partial charge in [-0.2, -0.15) is 0 Å². The van der Waals surface area contributed by atoms with E-state index in [1.54, 1.807) is 0 Å². The van der Waals surface area contributed by atoms with Crippen molar-refractivity contribution < 1.29 is 16.8 Å². The van der Waals surface area contributed by atoms with E-state index in [-0.39, 0.29) is 16.8 Å². The van der Waals surface area contributed by atoms with Crippen molar-refractivity contribution in [3.8, 4) is 0 Å². The van der Waals surface area contributed by atoms with Crippen molar-refractivity contribution in [1.82, 2.24) is 10.6 Å². The zero-order valence-corrected chi connectivity index (χ0v) is 10.3. The van der Waals surface area contributed by atoms with E-state index in [0.717, 1.165) is 26.2 Å². The number of rotatable bonds is 8. The van der Waals surface area contributed by atoms with Crippen LogP contribution in [-0.4, -0.2) is 52.4 Å². The number of hydrogen-bond donors (Lipinski definition) is 6. The van der Waals surface area contributed by atoms with Crippen LogP contribution >= 0.6 is 0 Å². The molecule has 0 heterocycles. The first kappa shape index (κ1) is 20.7. The predicted molar refractivity (Wildman–Crippen MR) is 62.0 cm³/mol. The average molecular weight is 265 g/mol. The summed E-state index contributed by atoms with van der Waals surface area (Å²) in [5.74, 6) is 0. The fourth-order valence-electron chi connectivity index (χ4n) is 0.658. The molecule has 0 aliphatic heterocycles. The van der Waals surface area contributed by atoms with Gasteiger partial charge < -0.3 is 33.6 Å². The number of nitrogens with two attached hydrogens (primary N) is 4. The maximum atomic E-state index is 5.17. The van der Waals surface area contributed by atoms with Gasteiger partial charge in [0.15, 0.2) is 0 Å². The average Bonchev–Trinajstić information content (AvgIpc) is 2.21. The van der Waals surface area contributed by atoms with Crippen LogP contribution in [0.1, 0.15) is 0 Å². The summed E-state index contributed by atoms with van der Waals surface area (Å²) in [5, 5.41) is 6.07. The molecule has 0 aromatic carbocycles. The summed E-state index contributed by atoms with van der Waals surface area (Å²) in [7, 11) is 0. The minimum atomic E-state index is 0. The Morgan fingerprint density at radius 3 is 0.867 bits per heavy atom. The summed E-state index contributed by atoms with van der Waals surface area (Å²) in [6, 6.07) is 0. The molecule has 15 heavy (non-hydrogen) atoms. The van der Waals surface area contributed by atoms with E-state index in [4.69, 9.17) is 22.9 Å². The molecule has 0 aliphatic carbocycles. The Morgan fingerprint density at radius 1 is 0.533 bits per heavy atom. The van der Waals surface area contributed by atoms with Crippen molar-refractivity contribution in [2.45, 2.75) is 0 Å². The van der Waals surface area contributed by atoms with Crippen molar-refractivity contribution in [2.24, 2.45) is 22.9 Å². The minimum absolute atomic E-state index is 0. The minimum Gasteiger partial charge on any atom is -0.329 e. The standard InChI is InChI=1S/2C4H13N3.Co/c2*5-1-3-7-4-2-6;/h2*7H,1-6H2;/q;;+3. The van der Waals surface area contributed by atoms with E-state index >= 15 is 0 Å². The first-order chi connectivity index (χ1) is 6.83. The molecular weight excluding hydrogens is 239 g/mol. The van der Waals surface area contributed by atoms with E-state index in [1.165, 1.54) is 0 Å². The largest absolute Gasteiger partial charge is 3.00 e. The second-order valence-corrected chi connectivity index (χ2v) is 2.65. The Morgan fingerprint density at radius 2 is 0.733 bits per heavy atom. The molecule has 0 saturated carbocycles. The number of nitrogens with one attached hydrogen (secondary N) is 2. The maximum absolute atomic E-state index is 5.17. The smallest absolute Gasteiger partial charge is 0.329 e. The Balaban J connectivity index is -0.000000180. The van der Waals surface area contributed by atoms with Crippen LogP contribution in [0.5, 0.6) is 0 Å². The van der Waals surface area contributed by atoms with Crippen LogP contribution < -0.4 is 33.6 Å². The van der Waals surface area contributed by atoms with Gasteiger partial charge in [0.2, 0.25) is 0 Å². The molecular formula is C8H26CoN6+3. The zero-order valence-electron chi connectivity index (χ0n) is 9.30. The summed E-state index contributed by atoms with van der Waals surface area (Å²) in [5.41, 5.74) is 20.7. The third-order valence-electron chi connectivity index (χ3n) is 1.28. The van der Waals surface area contributed by atoms with Crippen LogP contribution in [-0.2, 0) is 16.8 Å². The molecule has 10 N–H and O–H groups in total. The van der Waals surface area contributed by atoms with E-state index in [9.17, 15) is 0 Å². The van der Waals surface area contributed by atoms with Crippen molar-refractivity contribution in [1.29, 1.82) is 0 Å². The van der Waals surface area contributed by atoms with Crippen molar-refractivity contribution in [2.75, 3.05) is 52.4 Å². The van der Waals surface area contributed by atoms with Crippen LogP contribution in [0.3, 0.4) is 0 Å². The molecule has 7 heteroatoms. The molecule has 0 aromatic rings. The summed E-state index contributed by atoms with van der Waals surface area (Å²) in [4.78, 5) is 0. The first-order valence-electron chi connectivity index (χ1n) is 5.05. The molecule has 0 aliphatic rings. The van der Waals surface area contributed by atoms with Gasteiger partial charge in [-0.05, 0) is 0 Å². The second-order valence-electron chi connectivity index (χ2n) is 2.65. The van der Waals surface area contributed by atoms with Gasteiger partial charge in [-0.1, -0.05) is 0 Å². The van der Waals surface area contributed by atoms with Gasteiger partial charge in [0.25, 0.3) is 0 Å². The molecule has 0 rings (SSSR count). The van der Waals surface area contributed by atoms with Crippen LogP contribution in [0, 0.1) is 0 Å². The zero-order chi connectivity index (χ0) is 11.1. The van der Waals surface area contributed by atoms with Gasteiger partial charge in [0.05, 0.1) is 0 Å². The van der Waals surface area contributed by atoms with Crippen molar-refractivity contribution in [3.05, 3.63) is 0 Å². The van der Waals surface area contributed by atoms with E-state index in [2.05, 4.69) is 10.6 Å². The number of hydrogen-bond acceptors (Lipinski definition) is 6. The molecule has 94 valence electrons. The third kappa shape index (κ3) is 31.4. The normalized spacial score (nSPS) is 8.80. The van der Waals surface area contributed by atoms with E-state index in [1.807, 2.05) is 0 Å². The molecule has 0 fully saturated rings. The van der Waals surface area contributed by atoms with Gasteiger partial charge in [-0.25, -0.2) is 0 Å². The van der Waals surface area contributed by atoms with E-state index < -0.39 is 0 Å². The van der Waals surface area contributed by atoms with Gasteiger partial charge >= 0.3 is 16.8 Å². The molecule has 0 atom stereocenters. The molecule has 0 aromatic heterocycles. The Kier molecular flexibility index (Phi) is 32.8. The summed E-state index contributed by atoms with van der Waals surface area (Å²) < 4.78 is 0. The molecule has 0 amide bonds. The van der Waals surface area contributed by atoms with Crippen LogP contribution in [0.25, 0.3) is 0 Å². The summed E-state index contributed by atoms with van der Waals surface area (Å²) in [6.45, 7) is 6.27. The maximum Gasteiger partial charge on any atom is 3.00 e. The second kappa shape index (κ2) is 23.8. The fraction of sp³-hybridized carbons (Fsp3) is 1.00. The predicted octanol–water partition coefficient (Wildman–Crippen LogP) is -3.02. The topological polar surface area (TPSA) is 128 Å². The Hall–Kier alpha value is 0.266. The van der Waals surface area contributed by atoms with Crippen molar-refractivity contribution >= 4 is 0 Å². The quantitative estimate of drug-likeness (QED) is 0.259. The third-order valence-corrected chi connectivity index (χ3v) is 1.28. The first-order valence-corrected chi connectivity index (χ1v) is 5.05. The van der Waals surface area contributed by atoms with Gasteiger partial charge in [0.1, 0.15) is 0 Å². The van der Waals surface area contributed by atoms with Crippen molar-refractivity contribution in [3.63, 3.8) is 0 Å². The van der Waals surface area contributed by atoms with Crippen LogP contribution in [0.2, 0.25) is 0 Å². The van der Waals surface area contributed by atoms with Crippen LogP contribution in [0.4, 0.5) is 0 Å². The molecule has 0 radical (unpaired) electrons. The summed E-state index contributed by atoms with van der Waals surface area (Å²) >= 11 is 0. The van der Waals surface area contributed by atoms with Gasteiger partial charge in [-0.3, -0.25) is 0 Å².